The van der Waals surface area contributed by atoms with E-state index in [1.54, 1.807) is 18.2 Å². The summed E-state index contributed by atoms with van der Waals surface area (Å²) < 4.78 is 45.1. The molecule has 0 aliphatic heterocycles. The van der Waals surface area contributed by atoms with Gasteiger partial charge in [0.15, 0.2) is 0 Å². The molecular weight excluding hydrogens is 349 g/mol. The third-order valence-electron chi connectivity index (χ3n) is 2.87. The zero-order chi connectivity index (χ0) is 15.5. The summed E-state index contributed by atoms with van der Waals surface area (Å²) in [5, 5.41) is 8.95. The van der Waals surface area contributed by atoms with Crippen LogP contribution in [0.3, 0.4) is 0 Å². The summed E-state index contributed by atoms with van der Waals surface area (Å²) in [4.78, 5) is 0. The minimum absolute atomic E-state index is 0.0168. The molecule has 21 heavy (non-hydrogen) atoms. The fourth-order valence-electron chi connectivity index (χ4n) is 1.79. The standard InChI is InChI=1S/C15H12BrF3O2/c16-13-4-2-1-3-11(13)9-21-14-6-5-10(8-20)7-12(14)15(17,18)19/h1-7,20H,8-9H2. The highest BCUT2D eigenvalue weighted by Gasteiger charge is 2.34. The second-order valence-corrected chi connectivity index (χ2v) is 5.22. The summed E-state index contributed by atoms with van der Waals surface area (Å²) in [6.45, 7) is -0.434. The first kappa shape index (κ1) is 15.9. The summed E-state index contributed by atoms with van der Waals surface area (Å²) in [6.07, 6.45) is -4.53. The summed E-state index contributed by atoms with van der Waals surface area (Å²) in [6, 6.07) is 10.7. The van der Waals surface area contributed by atoms with Crippen LogP contribution >= 0.6 is 15.9 Å². The van der Waals surface area contributed by atoms with Crippen molar-refractivity contribution in [2.75, 3.05) is 0 Å². The van der Waals surface area contributed by atoms with Crippen LogP contribution in [0, 0.1) is 0 Å². The molecule has 0 amide bonds. The molecule has 6 heteroatoms. The Bertz CT molecular complexity index is 627. The molecular formula is C15H12BrF3O2. The van der Waals surface area contributed by atoms with Crippen LogP contribution in [-0.2, 0) is 19.4 Å². The predicted molar refractivity (Wildman–Crippen MR) is 75.8 cm³/mol. The highest BCUT2D eigenvalue weighted by atomic mass is 79.9. The lowest BCUT2D eigenvalue weighted by molar-refractivity contribution is -0.139. The Morgan fingerprint density at radius 3 is 2.43 bits per heavy atom. The van der Waals surface area contributed by atoms with Gasteiger partial charge in [-0.15, -0.1) is 0 Å². The molecule has 0 bridgehead atoms. The van der Waals surface area contributed by atoms with Crippen LogP contribution < -0.4 is 4.74 Å². The van der Waals surface area contributed by atoms with E-state index < -0.39 is 18.3 Å². The molecule has 0 radical (unpaired) electrons. The summed E-state index contributed by atoms with van der Waals surface area (Å²) in [7, 11) is 0. The van der Waals surface area contributed by atoms with Gasteiger partial charge in [0, 0.05) is 10.0 Å². The normalized spacial score (nSPS) is 11.5. The number of halogens is 4. The van der Waals surface area contributed by atoms with Crippen molar-refractivity contribution in [1.82, 2.24) is 0 Å². The molecule has 0 fully saturated rings. The van der Waals surface area contributed by atoms with E-state index in [4.69, 9.17) is 9.84 Å². The second-order valence-electron chi connectivity index (χ2n) is 4.37. The van der Waals surface area contributed by atoms with Crippen molar-refractivity contribution in [2.45, 2.75) is 19.4 Å². The molecule has 0 aliphatic rings. The third-order valence-corrected chi connectivity index (χ3v) is 3.65. The van der Waals surface area contributed by atoms with Gasteiger partial charge in [-0.05, 0) is 23.8 Å². The molecule has 2 aromatic carbocycles. The minimum Gasteiger partial charge on any atom is -0.488 e. The van der Waals surface area contributed by atoms with Crippen LogP contribution in [-0.4, -0.2) is 5.11 Å². The monoisotopic (exact) mass is 360 g/mol. The van der Waals surface area contributed by atoms with Gasteiger partial charge in [0.25, 0.3) is 0 Å². The predicted octanol–water partition coefficient (Wildman–Crippen LogP) is 4.54. The molecule has 0 heterocycles. The van der Waals surface area contributed by atoms with Crippen molar-refractivity contribution in [2.24, 2.45) is 0 Å². The molecule has 2 rings (SSSR count). The molecule has 0 atom stereocenters. The van der Waals surface area contributed by atoms with E-state index in [0.29, 0.717) is 0 Å². The van der Waals surface area contributed by atoms with Gasteiger partial charge in [0.05, 0.1) is 12.2 Å². The molecule has 0 spiro atoms. The second kappa shape index (κ2) is 6.49. The highest BCUT2D eigenvalue weighted by molar-refractivity contribution is 9.10. The zero-order valence-corrected chi connectivity index (χ0v) is 12.4. The maximum atomic E-state index is 13.0. The number of hydrogen-bond acceptors (Lipinski definition) is 2. The van der Waals surface area contributed by atoms with Crippen molar-refractivity contribution in [3.05, 3.63) is 63.6 Å². The van der Waals surface area contributed by atoms with Gasteiger partial charge in [-0.25, -0.2) is 0 Å². The van der Waals surface area contributed by atoms with Crippen LogP contribution in [0.1, 0.15) is 16.7 Å². The van der Waals surface area contributed by atoms with E-state index in [0.717, 1.165) is 16.1 Å². The fourth-order valence-corrected chi connectivity index (χ4v) is 2.19. The van der Waals surface area contributed by atoms with Crippen molar-refractivity contribution >= 4 is 15.9 Å². The Morgan fingerprint density at radius 1 is 1.10 bits per heavy atom. The fraction of sp³-hybridized carbons (Fsp3) is 0.200. The number of aliphatic hydroxyl groups is 1. The van der Waals surface area contributed by atoms with Crippen LogP contribution in [0.2, 0.25) is 0 Å². The first-order valence-electron chi connectivity index (χ1n) is 6.09. The summed E-state index contributed by atoms with van der Waals surface area (Å²) >= 11 is 3.32. The molecule has 2 nitrogen and oxygen atoms in total. The average molecular weight is 361 g/mol. The quantitative estimate of drug-likeness (QED) is 0.867. The largest absolute Gasteiger partial charge is 0.488 e. The van der Waals surface area contributed by atoms with E-state index in [1.807, 2.05) is 6.07 Å². The Hall–Kier alpha value is -1.53. The van der Waals surface area contributed by atoms with Gasteiger partial charge >= 0.3 is 6.18 Å². The lowest BCUT2D eigenvalue weighted by atomic mass is 10.1. The molecule has 1 N–H and O–H groups in total. The van der Waals surface area contributed by atoms with E-state index >= 15 is 0 Å². The molecule has 112 valence electrons. The minimum atomic E-state index is -4.53. The first-order valence-corrected chi connectivity index (χ1v) is 6.88. The molecule has 0 unspecified atom stereocenters. The first-order chi connectivity index (χ1) is 9.91. The van der Waals surface area contributed by atoms with Crippen LogP contribution in [0.5, 0.6) is 5.75 Å². The lowest BCUT2D eigenvalue weighted by Gasteiger charge is -2.15. The van der Waals surface area contributed by atoms with E-state index in [1.165, 1.54) is 12.1 Å². The molecule has 2 aromatic rings. The number of alkyl halides is 3. The third kappa shape index (κ3) is 3.98. The van der Waals surface area contributed by atoms with E-state index in [-0.39, 0.29) is 17.9 Å². The van der Waals surface area contributed by atoms with Gasteiger partial charge in [0.2, 0.25) is 0 Å². The van der Waals surface area contributed by atoms with Crippen LogP contribution in [0.15, 0.2) is 46.9 Å². The maximum absolute atomic E-state index is 13.0. The lowest BCUT2D eigenvalue weighted by Crippen LogP contribution is -2.09. The van der Waals surface area contributed by atoms with Gasteiger partial charge in [-0.2, -0.15) is 13.2 Å². The smallest absolute Gasteiger partial charge is 0.419 e. The Kier molecular flexibility index (Phi) is 4.90. The number of hydrogen-bond donors (Lipinski definition) is 1. The molecule has 0 aliphatic carbocycles. The molecule has 0 saturated heterocycles. The molecule has 0 aromatic heterocycles. The zero-order valence-electron chi connectivity index (χ0n) is 10.8. The average Bonchev–Trinajstić information content (AvgIpc) is 2.45. The highest BCUT2D eigenvalue weighted by Crippen LogP contribution is 2.37. The Labute approximate surface area is 128 Å². The van der Waals surface area contributed by atoms with Crippen molar-refractivity contribution in [3.8, 4) is 5.75 Å². The van der Waals surface area contributed by atoms with Crippen LogP contribution in [0.25, 0.3) is 0 Å². The van der Waals surface area contributed by atoms with Crippen LogP contribution in [0.4, 0.5) is 13.2 Å². The van der Waals surface area contributed by atoms with Crippen molar-refractivity contribution < 1.29 is 23.0 Å². The van der Waals surface area contributed by atoms with Gasteiger partial charge in [-0.1, -0.05) is 40.2 Å². The summed E-state index contributed by atoms with van der Waals surface area (Å²) in [5.41, 5.74) is 0.0496. The van der Waals surface area contributed by atoms with E-state index in [2.05, 4.69) is 15.9 Å². The number of benzene rings is 2. The summed E-state index contributed by atoms with van der Waals surface area (Å²) in [5.74, 6) is -0.254. The molecule has 0 saturated carbocycles. The van der Waals surface area contributed by atoms with Gasteiger partial charge in [0.1, 0.15) is 12.4 Å². The van der Waals surface area contributed by atoms with Gasteiger partial charge in [-0.3, -0.25) is 0 Å². The SMILES string of the molecule is OCc1ccc(OCc2ccccc2Br)c(C(F)(F)F)c1. The number of aliphatic hydroxyl groups excluding tert-OH is 1. The Balaban J connectivity index is 2.26. The van der Waals surface area contributed by atoms with Crippen molar-refractivity contribution in [3.63, 3.8) is 0 Å². The van der Waals surface area contributed by atoms with Gasteiger partial charge < -0.3 is 9.84 Å². The van der Waals surface area contributed by atoms with Crippen molar-refractivity contribution in [1.29, 1.82) is 0 Å². The number of rotatable bonds is 4. The topological polar surface area (TPSA) is 29.5 Å². The maximum Gasteiger partial charge on any atom is 0.419 e. The van der Waals surface area contributed by atoms with E-state index in [9.17, 15) is 13.2 Å². The number of ether oxygens (including phenoxy) is 1. The Morgan fingerprint density at radius 2 is 1.81 bits per heavy atom.